The van der Waals surface area contributed by atoms with Crippen LogP contribution in [0.1, 0.15) is 22.8 Å². The third-order valence-corrected chi connectivity index (χ3v) is 3.22. The Balaban J connectivity index is 2.33. The van der Waals surface area contributed by atoms with Crippen LogP contribution in [-0.4, -0.2) is 12.2 Å². The van der Waals surface area contributed by atoms with Crippen LogP contribution >= 0.6 is 11.6 Å². The Hall–Kier alpha value is -1.51. The van der Waals surface area contributed by atoms with Crippen molar-refractivity contribution in [1.82, 2.24) is 0 Å². The minimum atomic E-state index is -0.719. The molecule has 0 fully saturated rings. The highest BCUT2D eigenvalue weighted by Gasteiger charge is 2.14. The molecule has 1 N–H and O–H groups in total. The molecule has 0 amide bonds. The maximum absolute atomic E-state index is 10.3. The fourth-order valence-electron chi connectivity index (χ4n) is 1.78. The second kappa shape index (κ2) is 5.42. The summed E-state index contributed by atoms with van der Waals surface area (Å²) < 4.78 is 5.09. The summed E-state index contributed by atoms with van der Waals surface area (Å²) in [5, 5.41) is 10.8. The average molecular weight is 263 g/mol. The number of benzene rings is 2. The van der Waals surface area contributed by atoms with Gasteiger partial charge < -0.3 is 9.84 Å². The van der Waals surface area contributed by atoms with Gasteiger partial charge in [-0.05, 0) is 24.6 Å². The highest BCUT2D eigenvalue weighted by atomic mass is 35.5. The van der Waals surface area contributed by atoms with Crippen LogP contribution < -0.4 is 4.74 Å². The maximum atomic E-state index is 10.3. The van der Waals surface area contributed by atoms with Crippen molar-refractivity contribution in [3.05, 3.63) is 64.2 Å². The molecule has 1 unspecified atom stereocenters. The van der Waals surface area contributed by atoms with Crippen LogP contribution in [0.5, 0.6) is 5.75 Å². The van der Waals surface area contributed by atoms with Gasteiger partial charge in [0.15, 0.2) is 0 Å². The molecule has 0 aliphatic heterocycles. The van der Waals surface area contributed by atoms with Crippen molar-refractivity contribution in [2.24, 2.45) is 0 Å². The van der Waals surface area contributed by atoms with Crippen LogP contribution in [0.4, 0.5) is 0 Å². The fraction of sp³-hybridized carbons (Fsp3) is 0.200. The van der Waals surface area contributed by atoms with Crippen molar-refractivity contribution in [3.63, 3.8) is 0 Å². The number of ether oxygens (including phenoxy) is 1. The Bertz CT molecular complexity index is 535. The Morgan fingerprint density at radius 1 is 1.11 bits per heavy atom. The van der Waals surface area contributed by atoms with Crippen LogP contribution in [-0.2, 0) is 0 Å². The van der Waals surface area contributed by atoms with Crippen molar-refractivity contribution in [1.29, 1.82) is 0 Å². The number of hydrogen-bond donors (Lipinski definition) is 1. The van der Waals surface area contributed by atoms with Gasteiger partial charge in [-0.1, -0.05) is 47.5 Å². The zero-order valence-corrected chi connectivity index (χ0v) is 11.1. The molecule has 94 valence electrons. The topological polar surface area (TPSA) is 29.5 Å². The molecule has 2 aromatic carbocycles. The molecule has 18 heavy (non-hydrogen) atoms. The standard InChI is InChI=1S/C15H15ClO2/c1-10-3-5-11(6-4-10)15(17)13-8-7-12(18-2)9-14(13)16/h3-9,15,17H,1-2H3. The van der Waals surface area contributed by atoms with E-state index < -0.39 is 6.10 Å². The summed E-state index contributed by atoms with van der Waals surface area (Å²) in [6, 6.07) is 13.0. The normalized spacial score (nSPS) is 12.2. The maximum Gasteiger partial charge on any atom is 0.120 e. The van der Waals surface area contributed by atoms with Crippen molar-refractivity contribution in [2.75, 3.05) is 7.11 Å². The van der Waals surface area contributed by atoms with E-state index in [1.54, 1.807) is 25.3 Å². The Morgan fingerprint density at radius 2 is 1.78 bits per heavy atom. The quantitative estimate of drug-likeness (QED) is 0.913. The monoisotopic (exact) mass is 262 g/mol. The zero-order valence-electron chi connectivity index (χ0n) is 10.4. The number of hydrogen-bond acceptors (Lipinski definition) is 2. The summed E-state index contributed by atoms with van der Waals surface area (Å²) in [5.74, 6) is 0.680. The lowest BCUT2D eigenvalue weighted by molar-refractivity contribution is 0.220. The van der Waals surface area contributed by atoms with Crippen LogP contribution in [0.2, 0.25) is 5.02 Å². The SMILES string of the molecule is COc1ccc(C(O)c2ccc(C)cc2)c(Cl)c1. The predicted octanol–water partition coefficient (Wildman–Crippen LogP) is 3.74. The highest BCUT2D eigenvalue weighted by molar-refractivity contribution is 6.31. The molecule has 0 spiro atoms. The third kappa shape index (κ3) is 2.66. The summed E-state index contributed by atoms with van der Waals surface area (Å²) in [6.45, 7) is 2.01. The van der Waals surface area contributed by atoms with Crippen LogP contribution in [0.3, 0.4) is 0 Å². The molecule has 0 aliphatic rings. The van der Waals surface area contributed by atoms with Crippen molar-refractivity contribution >= 4 is 11.6 Å². The van der Waals surface area contributed by atoms with Gasteiger partial charge in [-0.25, -0.2) is 0 Å². The zero-order chi connectivity index (χ0) is 13.1. The van der Waals surface area contributed by atoms with E-state index in [1.807, 2.05) is 31.2 Å². The average Bonchev–Trinajstić information content (AvgIpc) is 2.38. The first kappa shape index (κ1) is 12.9. The Labute approximate surface area is 112 Å². The van der Waals surface area contributed by atoms with E-state index in [0.717, 1.165) is 11.1 Å². The van der Waals surface area contributed by atoms with Crippen LogP contribution in [0.15, 0.2) is 42.5 Å². The molecule has 0 radical (unpaired) electrons. The predicted molar refractivity (Wildman–Crippen MR) is 73.2 cm³/mol. The van der Waals surface area contributed by atoms with Crippen LogP contribution in [0, 0.1) is 6.92 Å². The van der Waals surface area contributed by atoms with Gasteiger partial charge in [0, 0.05) is 5.56 Å². The van der Waals surface area contributed by atoms with Gasteiger partial charge in [0.1, 0.15) is 11.9 Å². The van der Waals surface area contributed by atoms with Gasteiger partial charge in [-0.2, -0.15) is 0 Å². The van der Waals surface area contributed by atoms with Gasteiger partial charge in [0.05, 0.1) is 12.1 Å². The molecule has 2 aromatic rings. The number of methoxy groups -OCH3 is 1. The van der Waals surface area contributed by atoms with Gasteiger partial charge in [-0.3, -0.25) is 0 Å². The van der Waals surface area contributed by atoms with Gasteiger partial charge in [-0.15, -0.1) is 0 Å². The number of aryl methyl sites for hydroxylation is 1. The molecular weight excluding hydrogens is 248 g/mol. The Kier molecular flexibility index (Phi) is 3.90. The van der Waals surface area contributed by atoms with E-state index in [1.165, 1.54) is 0 Å². The largest absolute Gasteiger partial charge is 0.497 e. The first-order valence-corrected chi connectivity index (χ1v) is 6.07. The summed E-state index contributed by atoms with van der Waals surface area (Å²) in [5.41, 5.74) is 2.67. The first-order chi connectivity index (χ1) is 8.61. The second-order valence-electron chi connectivity index (χ2n) is 4.20. The van der Waals surface area contributed by atoms with Gasteiger partial charge in [0.25, 0.3) is 0 Å². The minimum Gasteiger partial charge on any atom is -0.497 e. The van der Waals surface area contributed by atoms with E-state index in [0.29, 0.717) is 16.3 Å². The van der Waals surface area contributed by atoms with E-state index >= 15 is 0 Å². The highest BCUT2D eigenvalue weighted by Crippen LogP contribution is 2.31. The second-order valence-corrected chi connectivity index (χ2v) is 4.61. The molecule has 0 heterocycles. The van der Waals surface area contributed by atoms with Crippen molar-refractivity contribution in [2.45, 2.75) is 13.0 Å². The molecule has 1 atom stereocenters. The van der Waals surface area contributed by atoms with E-state index in [2.05, 4.69) is 0 Å². The van der Waals surface area contributed by atoms with E-state index in [-0.39, 0.29) is 0 Å². The molecule has 0 saturated heterocycles. The summed E-state index contributed by atoms with van der Waals surface area (Å²) in [6.07, 6.45) is -0.719. The van der Waals surface area contributed by atoms with Crippen molar-refractivity contribution in [3.8, 4) is 5.75 Å². The lowest BCUT2D eigenvalue weighted by Crippen LogP contribution is -2.00. The molecular formula is C15H15ClO2. The number of aliphatic hydroxyl groups excluding tert-OH is 1. The van der Waals surface area contributed by atoms with E-state index in [4.69, 9.17) is 16.3 Å². The third-order valence-electron chi connectivity index (χ3n) is 2.90. The smallest absolute Gasteiger partial charge is 0.120 e. The number of halogens is 1. The van der Waals surface area contributed by atoms with E-state index in [9.17, 15) is 5.11 Å². The van der Waals surface area contributed by atoms with Gasteiger partial charge >= 0.3 is 0 Å². The molecule has 2 nitrogen and oxygen atoms in total. The molecule has 3 heteroatoms. The summed E-state index contributed by atoms with van der Waals surface area (Å²) >= 11 is 6.14. The Morgan fingerprint density at radius 3 is 2.33 bits per heavy atom. The fourth-order valence-corrected chi connectivity index (χ4v) is 2.06. The number of rotatable bonds is 3. The van der Waals surface area contributed by atoms with Crippen LogP contribution in [0.25, 0.3) is 0 Å². The number of aliphatic hydroxyl groups is 1. The molecule has 0 saturated carbocycles. The molecule has 2 rings (SSSR count). The van der Waals surface area contributed by atoms with Gasteiger partial charge in [0.2, 0.25) is 0 Å². The molecule has 0 bridgehead atoms. The summed E-state index contributed by atoms with van der Waals surface area (Å²) in [7, 11) is 1.59. The lowest BCUT2D eigenvalue weighted by atomic mass is 10.0. The van der Waals surface area contributed by atoms with Crippen molar-refractivity contribution < 1.29 is 9.84 Å². The molecule has 0 aliphatic carbocycles. The lowest BCUT2D eigenvalue weighted by Gasteiger charge is -2.14. The minimum absolute atomic E-state index is 0.502. The molecule has 0 aromatic heterocycles. The summed E-state index contributed by atoms with van der Waals surface area (Å²) in [4.78, 5) is 0. The first-order valence-electron chi connectivity index (χ1n) is 5.70.